The smallest absolute Gasteiger partial charge is 0.216 e. The predicted octanol–water partition coefficient (Wildman–Crippen LogP) is 2.59. The van der Waals surface area contributed by atoms with Gasteiger partial charge >= 0.3 is 0 Å². The van der Waals surface area contributed by atoms with E-state index in [1.165, 1.54) is 5.69 Å². The molecule has 2 N–H and O–H groups in total. The van der Waals surface area contributed by atoms with Crippen molar-refractivity contribution in [2.75, 3.05) is 45.2 Å². The lowest BCUT2D eigenvalue weighted by Crippen LogP contribution is -2.52. The quantitative estimate of drug-likeness (QED) is 0.302. The van der Waals surface area contributed by atoms with Gasteiger partial charge in [0.2, 0.25) is 5.82 Å². The number of piperazine rings is 1. The topological polar surface area (TPSA) is 94.8 Å². The fourth-order valence-corrected chi connectivity index (χ4v) is 3.35. The standard InChI is InChI=1S/C20H25N7O2.HI/c1-21-20(22-14-18-23-19(25-24-18)17-4-3-13-29-17)27-11-9-26(10-12-27)15-5-7-16(28-2)8-6-15;/h3-8,13H,9-12,14H2,1-2H3,(H,21,22)(H,23,24,25);1H. The molecule has 0 atom stereocenters. The van der Waals surface area contributed by atoms with Gasteiger partial charge in [-0.1, -0.05) is 0 Å². The zero-order chi connectivity index (χ0) is 20.1. The molecule has 4 rings (SSSR count). The Labute approximate surface area is 192 Å². The Morgan fingerprint density at radius 1 is 1.20 bits per heavy atom. The summed E-state index contributed by atoms with van der Waals surface area (Å²) < 4.78 is 10.6. The van der Waals surface area contributed by atoms with Gasteiger partial charge in [0.25, 0.3) is 0 Å². The van der Waals surface area contributed by atoms with Crippen molar-refractivity contribution in [3.05, 3.63) is 48.5 Å². The number of furan rings is 1. The number of H-pyrrole nitrogens is 1. The number of aromatic nitrogens is 3. The predicted molar refractivity (Wildman–Crippen MR) is 126 cm³/mol. The van der Waals surface area contributed by atoms with Crippen molar-refractivity contribution in [3.8, 4) is 17.3 Å². The molecule has 1 aliphatic rings. The summed E-state index contributed by atoms with van der Waals surface area (Å²) in [4.78, 5) is 13.5. The molecule has 0 saturated carbocycles. The number of rotatable bonds is 5. The first-order valence-corrected chi connectivity index (χ1v) is 9.56. The monoisotopic (exact) mass is 523 g/mol. The highest BCUT2D eigenvalue weighted by Crippen LogP contribution is 2.20. The van der Waals surface area contributed by atoms with Crippen molar-refractivity contribution < 1.29 is 9.15 Å². The highest BCUT2D eigenvalue weighted by Gasteiger charge is 2.20. The first kappa shape index (κ1) is 21.9. The van der Waals surface area contributed by atoms with Crippen LogP contribution in [0.2, 0.25) is 0 Å². The maximum absolute atomic E-state index is 5.33. The highest BCUT2D eigenvalue weighted by molar-refractivity contribution is 14.0. The second-order valence-electron chi connectivity index (χ2n) is 6.66. The van der Waals surface area contributed by atoms with E-state index >= 15 is 0 Å². The Balaban J connectivity index is 0.00000256. The molecular weight excluding hydrogens is 497 g/mol. The molecule has 160 valence electrons. The van der Waals surface area contributed by atoms with E-state index in [1.54, 1.807) is 20.4 Å². The highest BCUT2D eigenvalue weighted by atomic mass is 127. The molecule has 0 spiro atoms. The van der Waals surface area contributed by atoms with Crippen LogP contribution in [0.15, 0.2) is 52.1 Å². The number of ether oxygens (including phenoxy) is 1. The van der Waals surface area contributed by atoms with E-state index < -0.39 is 0 Å². The number of anilines is 1. The normalized spacial score (nSPS) is 14.4. The maximum atomic E-state index is 5.33. The molecule has 0 radical (unpaired) electrons. The van der Waals surface area contributed by atoms with E-state index in [-0.39, 0.29) is 24.0 Å². The van der Waals surface area contributed by atoms with E-state index in [9.17, 15) is 0 Å². The SMILES string of the molecule is CN=C(NCc1nc(-c2ccco2)n[nH]1)N1CCN(c2ccc(OC)cc2)CC1.I. The van der Waals surface area contributed by atoms with Crippen LogP contribution >= 0.6 is 24.0 Å². The summed E-state index contributed by atoms with van der Waals surface area (Å²) in [5.41, 5.74) is 1.21. The van der Waals surface area contributed by atoms with Crippen molar-refractivity contribution in [2.24, 2.45) is 4.99 Å². The molecular formula is C20H26IN7O2. The molecule has 3 heterocycles. The number of guanidine groups is 1. The molecule has 2 aromatic heterocycles. The fourth-order valence-electron chi connectivity index (χ4n) is 3.35. The second-order valence-corrected chi connectivity index (χ2v) is 6.66. The minimum Gasteiger partial charge on any atom is -0.497 e. The van der Waals surface area contributed by atoms with Crippen LogP contribution in [0, 0.1) is 0 Å². The van der Waals surface area contributed by atoms with Crippen LogP contribution in [0.25, 0.3) is 11.6 Å². The van der Waals surface area contributed by atoms with Gasteiger partial charge in [0, 0.05) is 38.9 Å². The van der Waals surface area contributed by atoms with Crippen LogP contribution in [0.1, 0.15) is 5.82 Å². The zero-order valence-electron chi connectivity index (χ0n) is 17.0. The molecule has 9 nitrogen and oxygen atoms in total. The Kier molecular flexibility index (Phi) is 7.55. The molecule has 30 heavy (non-hydrogen) atoms. The molecule has 1 saturated heterocycles. The Morgan fingerprint density at radius 3 is 2.60 bits per heavy atom. The summed E-state index contributed by atoms with van der Waals surface area (Å²) in [7, 11) is 3.48. The lowest BCUT2D eigenvalue weighted by Gasteiger charge is -2.37. The zero-order valence-corrected chi connectivity index (χ0v) is 19.4. The number of hydrogen-bond donors (Lipinski definition) is 2. The first-order valence-electron chi connectivity index (χ1n) is 9.56. The number of benzene rings is 1. The lowest BCUT2D eigenvalue weighted by molar-refractivity contribution is 0.372. The third-order valence-electron chi connectivity index (χ3n) is 4.92. The summed E-state index contributed by atoms with van der Waals surface area (Å²) in [6, 6.07) is 11.8. The molecule has 1 aromatic carbocycles. The Hall–Kier alpha value is -2.76. The lowest BCUT2D eigenvalue weighted by atomic mass is 10.2. The minimum absolute atomic E-state index is 0. The van der Waals surface area contributed by atoms with Gasteiger partial charge in [0.15, 0.2) is 11.7 Å². The van der Waals surface area contributed by atoms with Gasteiger partial charge in [0.1, 0.15) is 11.6 Å². The van der Waals surface area contributed by atoms with Crippen LogP contribution in [-0.2, 0) is 6.54 Å². The molecule has 3 aromatic rings. The van der Waals surface area contributed by atoms with E-state index in [0.29, 0.717) is 18.1 Å². The van der Waals surface area contributed by atoms with Gasteiger partial charge in [-0.2, -0.15) is 0 Å². The van der Waals surface area contributed by atoms with Crippen molar-refractivity contribution in [2.45, 2.75) is 6.54 Å². The number of halogens is 1. The van der Waals surface area contributed by atoms with Gasteiger partial charge in [-0.3, -0.25) is 10.1 Å². The fraction of sp³-hybridized carbons (Fsp3) is 0.350. The van der Waals surface area contributed by atoms with Crippen LogP contribution < -0.4 is 15.0 Å². The van der Waals surface area contributed by atoms with Crippen molar-refractivity contribution >= 4 is 35.6 Å². The molecule has 0 aliphatic carbocycles. The van der Waals surface area contributed by atoms with E-state index in [4.69, 9.17) is 9.15 Å². The average Bonchev–Trinajstić information content (AvgIpc) is 3.47. The Morgan fingerprint density at radius 2 is 1.97 bits per heavy atom. The van der Waals surface area contributed by atoms with Gasteiger partial charge in [0.05, 0.1) is 19.9 Å². The summed E-state index contributed by atoms with van der Waals surface area (Å²) in [5, 5.41) is 10.5. The molecule has 1 fully saturated rings. The summed E-state index contributed by atoms with van der Waals surface area (Å²) in [5.74, 6) is 3.66. The molecule has 0 bridgehead atoms. The van der Waals surface area contributed by atoms with Gasteiger partial charge in [-0.05, 0) is 36.4 Å². The van der Waals surface area contributed by atoms with Crippen molar-refractivity contribution in [1.29, 1.82) is 0 Å². The molecule has 1 aliphatic heterocycles. The second kappa shape index (κ2) is 10.3. The molecule has 10 heteroatoms. The van der Waals surface area contributed by atoms with Crippen molar-refractivity contribution in [3.63, 3.8) is 0 Å². The average molecular weight is 523 g/mol. The maximum Gasteiger partial charge on any atom is 0.216 e. The number of aliphatic imine (C=N–C) groups is 1. The van der Waals surface area contributed by atoms with E-state index in [1.807, 2.05) is 24.3 Å². The van der Waals surface area contributed by atoms with Gasteiger partial charge < -0.3 is 24.3 Å². The van der Waals surface area contributed by atoms with Crippen LogP contribution in [-0.4, -0.2) is 66.4 Å². The minimum atomic E-state index is 0. The third-order valence-corrected chi connectivity index (χ3v) is 4.92. The van der Waals surface area contributed by atoms with E-state index in [0.717, 1.165) is 43.7 Å². The summed E-state index contributed by atoms with van der Waals surface area (Å²) in [6.45, 7) is 4.15. The number of aromatic amines is 1. The van der Waals surface area contributed by atoms with Crippen LogP contribution in [0.3, 0.4) is 0 Å². The number of nitrogens with one attached hydrogen (secondary N) is 2. The summed E-state index contributed by atoms with van der Waals surface area (Å²) in [6.07, 6.45) is 1.61. The third kappa shape index (κ3) is 5.04. The van der Waals surface area contributed by atoms with E-state index in [2.05, 4.69) is 47.4 Å². The van der Waals surface area contributed by atoms with Crippen LogP contribution in [0.4, 0.5) is 5.69 Å². The number of hydrogen-bond acceptors (Lipinski definition) is 6. The van der Waals surface area contributed by atoms with Gasteiger partial charge in [-0.25, -0.2) is 4.98 Å². The van der Waals surface area contributed by atoms with Gasteiger partial charge in [-0.15, -0.1) is 29.1 Å². The van der Waals surface area contributed by atoms with Crippen molar-refractivity contribution in [1.82, 2.24) is 25.4 Å². The molecule has 0 unspecified atom stereocenters. The van der Waals surface area contributed by atoms with Crippen LogP contribution in [0.5, 0.6) is 5.75 Å². The molecule has 0 amide bonds. The largest absolute Gasteiger partial charge is 0.497 e. The summed E-state index contributed by atoms with van der Waals surface area (Å²) >= 11 is 0. The first-order chi connectivity index (χ1) is 14.3. The Bertz CT molecular complexity index is 932. The number of nitrogens with zero attached hydrogens (tertiary/aromatic N) is 5. The number of methoxy groups -OCH3 is 1.